The first kappa shape index (κ1) is 25.7. The van der Waals surface area contributed by atoms with E-state index in [0.717, 1.165) is 6.92 Å². The maximum atomic E-state index is 12.4. The minimum absolute atomic E-state index is 0.102. The first-order valence-electron chi connectivity index (χ1n) is 9.96. The number of rotatable bonds is 7. The number of aliphatic hydroxyl groups excluding tert-OH is 3. The smallest absolute Gasteiger partial charge is 0.387 e. The van der Waals surface area contributed by atoms with Gasteiger partial charge in [0.05, 0.1) is 12.7 Å². The van der Waals surface area contributed by atoms with E-state index in [1.807, 2.05) is 0 Å². The second kappa shape index (κ2) is 9.05. The highest BCUT2D eigenvalue weighted by Crippen LogP contribution is 2.55. The van der Waals surface area contributed by atoms with Gasteiger partial charge in [-0.15, -0.1) is 0 Å². The van der Waals surface area contributed by atoms with Crippen LogP contribution in [0.5, 0.6) is 5.75 Å². The van der Waals surface area contributed by atoms with Crippen LogP contribution in [0.25, 0.3) is 0 Å². The van der Waals surface area contributed by atoms with Crippen molar-refractivity contribution in [2.75, 3.05) is 6.61 Å². The zero-order chi connectivity index (χ0) is 24.7. The van der Waals surface area contributed by atoms with Crippen LogP contribution in [0.3, 0.4) is 0 Å². The largest absolute Gasteiger partial charge is 0.435 e. The molecule has 1 aliphatic rings. The Kier molecular flexibility index (Phi) is 7.05. The summed E-state index contributed by atoms with van der Waals surface area (Å²) < 4.78 is 34.8. The van der Waals surface area contributed by atoms with Crippen LogP contribution in [0, 0.1) is 0 Å². The lowest BCUT2D eigenvalue weighted by Crippen LogP contribution is -2.82. The van der Waals surface area contributed by atoms with Crippen molar-refractivity contribution < 1.29 is 48.9 Å². The molecule has 2 aromatic carbocycles. The number of alkyl halides is 3. The summed E-state index contributed by atoms with van der Waals surface area (Å²) in [7, 11) is 0. The molecule has 11 heteroatoms. The molecular weight excluding hydrogens is 466 g/mol. The molecule has 0 amide bonds. The van der Waals surface area contributed by atoms with E-state index in [0.29, 0.717) is 0 Å². The van der Waals surface area contributed by atoms with Gasteiger partial charge in [-0.2, -0.15) is 8.78 Å². The lowest BCUT2D eigenvalue weighted by molar-refractivity contribution is -0.444. The molecule has 0 saturated carbocycles. The molecule has 33 heavy (non-hydrogen) atoms. The highest BCUT2D eigenvalue weighted by atomic mass is 35.5. The average Bonchev–Trinajstić information content (AvgIpc) is 2.77. The third kappa shape index (κ3) is 4.11. The van der Waals surface area contributed by atoms with Crippen LogP contribution >= 0.6 is 11.6 Å². The predicted molar refractivity (Wildman–Crippen MR) is 111 cm³/mol. The normalized spacial score (nSPS) is 35.4. The summed E-state index contributed by atoms with van der Waals surface area (Å²) in [6, 6.07) is 12.2. The van der Waals surface area contributed by atoms with Crippen molar-refractivity contribution in [1.82, 2.24) is 0 Å². The summed E-state index contributed by atoms with van der Waals surface area (Å²) in [5.41, 5.74) is -5.17. The topological polar surface area (TPSA) is 140 Å². The maximum absolute atomic E-state index is 12.4. The van der Waals surface area contributed by atoms with E-state index in [1.165, 1.54) is 48.5 Å². The Morgan fingerprint density at radius 3 is 2.12 bits per heavy atom. The number of halogens is 3. The molecule has 182 valence electrons. The number of hydrogen-bond acceptors (Lipinski definition) is 8. The number of benzene rings is 2. The second-order valence-electron chi connectivity index (χ2n) is 8.04. The van der Waals surface area contributed by atoms with Gasteiger partial charge in [0.25, 0.3) is 0 Å². The van der Waals surface area contributed by atoms with Gasteiger partial charge < -0.3 is 40.1 Å². The van der Waals surface area contributed by atoms with Crippen LogP contribution in [0.15, 0.2) is 54.6 Å². The lowest BCUT2D eigenvalue weighted by Gasteiger charge is -2.61. The van der Waals surface area contributed by atoms with E-state index in [2.05, 4.69) is 4.74 Å². The third-order valence-corrected chi connectivity index (χ3v) is 6.55. The van der Waals surface area contributed by atoms with Crippen molar-refractivity contribution in [3.05, 3.63) is 65.7 Å². The predicted octanol–water partition coefficient (Wildman–Crippen LogP) is 0.837. The molecule has 0 unspecified atom stereocenters. The Hall–Kier alpha value is -1.89. The van der Waals surface area contributed by atoms with E-state index in [1.54, 1.807) is 6.07 Å². The second-order valence-corrected chi connectivity index (χ2v) is 8.61. The summed E-state index contributed by atoms with van der Waals surface area (Å²) in [5.74, 6) is -3.03. The first-order chi connectivity index (χ1) is 15.3. The molecule has 2 aromatic rings. The standard InChI is InChI=1S/C22H25ClF2O8/c1-13(27)19(12-26)17(28)21(23,30)20(29,22(31,33-19)15-5-3-2-4-6-15)11-14-7-9-16(10-8-14)32-18(24)25/h2-10,13,17-18,26-31H,11-12H2,1H3/t13-,17+,19+,20+,21-,22+/m0/s1. The molecule has 0 radical (unpaired) electrons. The zero-order valence-corrected chi connectivity index (χ0v) is 18.2. The van der Waals surface area contributed by atoms with Crippen LogP contribution in [0.2, 0.25) is 0 Å². The minimum Gasteiger partial charge on any atom is -0.435 e. The minimum atomic E-state index is -3.08. The average molecular weight is 491 g/mol. The molecule has 0 spiro atoms. The van der Waals surface area contributed by atoms with Crippen LogP contribution in [-0.2, 0) is 16.9 Å². The molecule has 1 saturated heterocycles. The molecule has 1 aliphatic heterocycles. The van der Waals surface area contributed by atoms with Crippen LogP contribution in [0.4, 0.5) is 8.78 Å². The highest BCUT2D eigenvalue weighted by Gasteiger charge is 2.76. The van der Waals surface area contributed by atoms with Crippen molar-refractivity contribution in [3.8, 4) is 5.75 Å². The third-order valence-electron chi connectivity index (χ3n) is 6.03. The van der Waals surface area contributed by atoms with E-state index < -0.39 is 53.9 Å². The van der Waals surface area contributed by atoms with Crippen LogP contribution < -0.4 is 4.74 Å². The molecule has 6 N–H and O–H groups in total. The van der Waals surface area contributed by atoms with E-state index in [9.17, 15) is 39.4 Å². The first-order valence-corrected chi connectivity index (χ1v) is 10.3. The number of ether oxygens (including phenoxy) is 2. The molecular formula is C22H25ClF2O8. The van der Waals surface area contributed by atoms with Gasteiger partial charge in [-0.3, -0.25) is 0 Å². The summed E-state index contributed by atoms with van der Waals surface area (Å²) in [5, 5.41) is 62.6. The molecule has 6 atom stereocenters. The van der Waals surface area contributed by atoms with Gasteiger partial charge in [-0.05, 0) is 24.6 Å². The summed E-state index contributed by atoms with van der Waals surface area (Å²) in [4.78, 5) is 0. The monoisotopic (exact) mass is 490 g/mol. The van der Waals surface area contributed by atoms with Crippen molar-refractivity contribution >= 4 is 11.6 Å². The molecule has 1 fully saturated rings. The molecule has 1 heterocycles. The van der Waals surface area contributed by atoms with Crippen molar-refractivity contribution in [1.29, 1.82) is 0 Å². The van der Waals surface area contributed by atoms with Gasteiger partial charge in [0.15, 0.2) is 11.2 Å². The molecule has 8 nitrogen and oxygen atoms in total. The van der Waals surface area contributed by atoms with Crippen molar-refractivity contribution in [2.24, 2.45) is 0 Å². The molecule has 0 aromatic heterocycles. The molecule has 0 bridgehead atoms. The molecule has 0 aliphatic carbocycles. The van der Waals surface area contributed by atoms with Gasteiger partial charge in [-0.25, -0.2) is 0 Å². The van der Waals surface area contributed by atoms with Gasteiger partial charge in [0, 0.05) is 12.0 Å². The Morgan fingerprint density at radius 2 is 1.64 bits per heavy atom. The van der Waals surface area contributed by atoms with Gasteiger partial charge >= 0.3 is 6.61 Å². The Bertz CT molecular complexity index is 945. The van der Waals surface area contributed by atoms with E-state index in [4.69, 9.17) is 16.3 Å². The van der Waals surface area contributed by atoms with Gasteiger partial charge in [0.1, 0.15) is 11.9 Å². The quantitative estimate of drug-likeness (QED) is 0.314. The number of aliphatic hydroxyl groups is 6. The Balaban J connectivity index is 2.15. The summed E-state index contributed by atoms with van der Waals surface area (Å²) in [6.45, 7) is -2.99. The van der Waals surface area contributed by atoms with Gasteiger partial charge in [-0.1, -0.05) is 54.1 Å². The van der Waals surface area contributed by atoms with E-state index >= 15 is 0 Å². The molecule has 3 rings (SSSR count). The number of hydrogen-bond donors (Lipinski definition) is 6. The van der Waals surface area contributed by atoms with E-state index in [-0.39, 0.29) is 16.9 Å². The summed E-state index contributed by atoms with van der Waals surface area (Å²) >= 11 is 6.29. The van der Waals surface area contributed by atoms with Gasteiger partial charge in [0.2, 0.25) is 10.8 Å². The van der Waals surface area contributed by atoms with Crippen molar-refractivity contribution in [2.45, 2.75) is 54.2 Å². The zero-order valence-electron chi connectivity index (χ0n) is 17.5. The highest BCUT2D eigenvalue weighted by molar-refractivity contribution is 6.24. The van der Waals surface area contributed by atoms with Crippen LogP contribution in [-0.4, -0.2) is 72.3 Å². The lowest BCUT2D eigenvalue weighted by atomic mass is 9.68. The fraction of sp³-hybridized carbons (Fsp3) is 0.455. The maximum Gasteiger partial charge on any atom is 0.387 e. The Labute approximate surface area is 193 Å². The SMILES string of the molecule is C[C@H](O)[C@@]1(CO)O[C@](O)(c2ccccc2)[C@@](O)(Cc2ccc(OC(F)F)cc2)[C@](O)(Cl)[C@@H]1O. The summed E-state index contributed by atoms with van der Waals surface area (Å²) in [6.07, 6.45) is -4.59. The van der Waals surface area contributed by atoms with Crippen molar-refractivity contribution in [3.63, 3.8) is 0 Å². The Morgan fingerprint density at radius 1 is 1.06 bits per heavy atom. The fourth-order valence-electron chi connectivity index (χ4n) is 4.06. The van der Waals surface area contributed by atoms with Crippen LogP contribution in [0.1, 0.15) is 18.1 Å². The fourth-order valence-corrected chi connectivity index (χ4v) is 4.44.